The average Bonchev–Trinajstić information content (AvgIpc) is 2.44. The highest BCUT2D eigenvalue weighted by atomic mass is 79.9. The molecule has 120 valence electrons. The van der Waals surface area contributed by atoms with Gasteiger partial charge in [-0.3, -0.25) is 0 Å². The van der Waals surface area contributed by atoms with E-state index in [9.17, 15) is 5.11 Å². The van der Waals surface area contributed by atoms with Crippen LogP contribution in [0.25, 0.3) is 0 Å². The van der Waals surface area contributed by atoms with Crippen LogP contribution in [0, 0.1) is 0 Å². The maximum absolute atomic E-state index is 9.75. The molecule has 0 saturated carbocycles. The van der Waals surface area contributed by atoms with E-state index < -0.39 is 6.10 Å². The second-order valence-corrected chi connectivity index (χ2v) is 6.24. The van der Waals surface area contributed by atoms with E-state index >= 15 is 0 Å². The van der Waals surface area contributed by atoms with Crippen molar-refractivity contribution in [1.82, 2.24) is 10.2 Å². The van der Waals surface area contributed by atoms with Crippen molar-refractivity contribution >= 4 is 15.9 Å². The van der Waals surface area contributed by atoms with Gasteiger partial charge in [-0.1, -0.05) is 35.0 Å². The minimum Gasteiger partial charge on any atom is -0.389 e. The number of methoxy groups -OCH3 is 1. The maximum Gasteiger partial charge on any atom is 0.0899 e. The van der Waals surface area contributed by atoms with Crippen molar-refractivity contribution in [2.45, 2.75) is 25.5 Å². The van der Waals surface area contributed by atoms with Gasteiger partial charge < -0.3 is 20.1 Å². The van der Waals surface area contributed by atoms with Crippen LogP contribution in [0.1, 0.15) is 24.9 Å². The van der Waals surface area contributed by atoms with Gasteiger partial charge in [-0.15, -0.1) is 0 Å². The fraction of sp³-hybridized carbons (Fsp3) is 0.625. The van der Waals surface area contributed by atoms with Crippen molar-refractivity contribution in [3.05, 3.63) is 34.3 Å². The van der Waals surface area contributed by atoms with E-state index in [2.05, 4.69) is 57.3 Å². The Morgan fingerprint density at radius 2 is 2.00 bits per heavy atom. The minimum absolute atomic E-state index is 0.338. The first-order chi connectivity index (χ1) is 10.1. The highest BCUT2D eigenvalue weighted by Crippen LogP contribution is 2.20. The van der Waals surface area contributed by atoms with E-state index in [1.165, 1.54) is 5.56 Å². The SMILES string of the molecule is CCNC(CCN(C)CC(O)COC)c1ccc(Br)cc1. The molecule has 1 aromatic rings. The van der Waals surface area contributed by atoms with Crippen molar-refractivity contribution in [3.8, 4) is 0 Å². The lowest BCUT2D eigenvalue weighted by Crippen LogP contribution is -2.34. The minimum atomic E-state index is -0.426. The van der Waals surface area contributed by atoms with E-state index in [0.29, 0.717) is 19.2 Å². The van der Waals surface area contributed by atoms with Crippen LogP contribution in [-0.2, 0) is 4.74 Å². The summed E-state index contributed by atoms with van der Waals surface area (Å²) in [6.07, 6.45) is 0.580. The third-order valence-electron chi connectivity index (χ3n) is 3.40. The first-order valence-electron chi connectivity index (χ1n) is 7.41. The number of rotatable bonds is 10. The summed E-state index contributed by atoms with van der Waals surface area (Å²) in [5.74, 6) is 0. The molecule has 0 aliphatic carbocycles. The number of likely N-dealkylation sites (N-methyl/N-ethyl adjacent to an activating group) is 1. The van der Waals surface area contributed by atoms with Crippen LogP contribution < -0.4 is 5.32 Å². The highest BCUT2D eigenvalue weighted by molar-refractivity contribution is 9.10. The average molecular weight is 359 g/mol. The van der Waals surface area contributed by atoms with Gasteiger partial charge in [-0.25, -0.2) is 0 Å². The van der Waals surface area contributed by atoms with Gasteiger partial charge >= 0.3 is 0 Å². The monoisotopic (exact) mass is 358 g/mol. The van der Waals surface area contributed by atoms with E-state index in [-0.39, 0.29) is 0 Å². The van der Waals surface area contributed by atoms with Crippen LogP contribution in [0.2, 0.25) is 0 Å². The largest absolute Gasteiger partial charge is 0.389 e. The number of hydrogen-bond donors (Lipinski definition) is 2. The molecule has 0 amide bonds. The van der Waals surface area contributed by atoms with Crippen LogP contribution in [0.15, 0.2) is 28.7 Å². The molecule has 1 rings (SSSR count). The van der Waals surface area contributed by atoms with Crippen LogP contribution >= 0.6 is 15.9 Å². The molecule has 21 heavy (non-hydrogen) atoms. The maximum atomic E-state index is 9.75. The third-order valence-corrected chi connectivity index (χ3v) is 3.93. The van der Waals surface area contributed by atoms with Gasteiger partial charge in [0, 0.05) is 24.2 Å². The summed E-state index contributed by atoms with van der Waals surface area (Å²) in [5, 5.41) is 13.3. The fourth-order valence-electron chi connectivity index (χ4n) is 2.37. The zero-order valence-corrected chi connectivity index (χ0v) is 14.8. The molecule has 2 atom stereocenters. The summed E-state index contributed by atoms with van der Waals surface area (Å²) in [5.41, 5.74) is 1.30. The molecule has 2 N–H and O–H groups in total. The molecule has 2 unspecified atom stereocenters. The summed E-state index contributed by atoms with van der Waals surface area (Å²) < 4.78 is 6.05. The molecule has 0 saturated heterocycles. The zero-order valence-electron chi connectivity index (χ0n) is 13.2. The Morgan fingerprint density at radius 3 is 2.57 bits per heavy atom. The highest BCUT2D eigenvalue weighted by Gasteiger charge is 2.13. The number of aliphatic hydroxyl groups excluding tert-OH is 1. The number of ether oxygens (including phenoxy) is 1. The molecule has 0 aliphatic heterocycles. The van der Waals surface area contributed by atoms with Gasteiger partial charge in [0.2, 0.25) is 0 Å². The number of nitrogens with one attached hydrogen (secondary N) is 1. The van der Waals surface area contributed by atoms with E-state index in [1.54, 1.807) is 7.11 Å². The number of hydrogen-bond acceptors (Lipinski definition) is 4. The van der Waals surface area contributed by atoms with Crippen LogP contribution in [0.5, 0.6) is 0 Å². The molecule has 0 bridgehead atoms. The quantitative estimate of drug-likeness (QED) is 0.674. The molecule has 0 heterocycles. The van der Waals surface area contributed by atoms with Crippen molar-refractivity contribution < 1.29 is 9.84 Å². The number of nitrogens with zero attached hydrogens (tertiary/aromatic N) is 1. The van der Waals surface area contributed by atoms with Crippen molar-refractivity contribution in [1.29, 1.82) is 0 Å². The smallest absolute Gasteiger partial charge is 0.0899 e. The van der Waals surface area contributed by atoms with Crippen LogP contribution in [-0.4, -0.2) is 56.5 Å². The zero-order chi connectivity index (χ0) is 15.7. The molecule has 0 aliphatic rings. The Kier molecular flexibility index (Phi) is 9.11. The van der Waals surface area contributed by atoms with Gasteiger partial charge in [0.1, 0.15) is 0 Å². The normalized spacial score (nSPS) is 14.4. The molecule has 5 heteroatoms. The third kappa shape index (κ3) is 7.38. The van der Waals surface area contributed by atoms with Crippen molar-refractivity contribution in [2.24, 2.45) is 0 Å². The Morgan fingerprint density at radius 1 is 1.33 bits per heavy atom. The fourth-order valence-corrected chi connectivity index (χ4v) is 2.64. The second-order valence-electron chi connectivity index (χ2n) is 5.32. The van der Waals surface area contributed by atoms with E-state index in [1.807, 2.05) is 7.05 Å². The standard InChI is InChI=1S/C16H27BrN2O2/c1-4-18-16(13-5-7-14(17)8-6-13)9-10-19(2)11-15(20)12-21-3/h5-8,15-16,18,20H,4,9-12H2,1-3H3. The summed E-state index contributed by atoms with van der Waals surface area (Å²) in [7, 11) is 3.64. The van der Waals surface area contributed by atoms with Crippen LogP contribution in [0.3, 0.4) is 0 Å². The van der Waals surface area contributed by atoms with Gasteiger partial charge in [-0.2, -0.15) is 0 Å². The number of benzene rings is 1. The first kappa shape index (κ1) is 18.6. The lowest BCUT2D eigenvalue weighted by molar-refractivity contribution is 0.0426. The Labute approximate surface area is 136 Å². The predicted octanol–water partition coefficient (Wildman–Crippen LogP) is 2.43. The number of halogens is 1. The van der Waals surface area contributed by atoms with Crippen LogP contribution in [0.4, 0.5) is 0 Å². The Bertz CT molecular complexity index is 386. The summed E-state index contributed by atoms with van der Waals surface area (Å²) in [4.78, 5) is 2.15. The van der Waals surface area contributed by atoms with Gasteiger partial charge in [-0.05, 0) is 44.3 Å². The van der Waals surface area contributed by atoms with Gasteiger partial charge in [0.15, 0.2) is 0 Å². The molecule has 0 fully saturated rings. The second kappa shape index (κ2) is 10.3. The Balaban J connectivity index is 2.49. The molecule has 0 aromatic heterocycles. The van der Waals surface area contributed by atoms with Gasteiger partial charge in [0.25, 0.3) is 0 Å². The topological polar surface area (TPSA) is 44.7 Å². The lowest BCUT2D eigenvalue weighted by Gasteiger charge is -2.24. The molecule has 0 radical (unpaired) electrons. The summed E-state index contributed by atoms with van der Waals surface area (Å²) >= 11 is 3.47. The van der Waals surface area contributed by atoms with Crippen molar-refractivity contribution in [2.75, 3.05) is 40.4 Å². The molecule has 0 spiro atoms. The molecule has 4 nitrogen and oxygen atoms in total. The Hall–Kier alpha value is -0.460. The lowest BCUT2D eigenvalue weighted by atomic mass is 10.0. The van der Waals surface area contributed by atoms with E-state index in [4.69, 9.17) is 4.74 Å². The first-order valence-corrected chi connectivity index (χ1v) is 8.20. The molecular weight excluding hydrogens is 332 g/mol. The predicted molar refractivity (Wildman–Crippen MR) is 90.6 cm³/mol. The van der Waals surface area contributed by atoms with Gasteiger partial charge in [0.05, 0.1) is 12.7 Å². The van der Waals surface area contributed by atoms with Crippen molar-refractivity contribution in [3.63, 3.8) is 0 Å². The van der Waals surface area contributed by atoms with E-state index in [0.717, 1.165) is 24.0 Å². The molecular formula is C16H27BrN2O2. The molecule has 1 aromatic carbocycles. The number of aliphatic hydroxyl groups is 1. The summed E-state index contributed by atoms with van der Waals surface area (Å²) in [6, 6.07) is 8.79. The summed E-state index contributed by atoms with van der Waals surface area (Å²) in [6.45, 7) is 5.00.